The van der Waals surface area contributed by atoms with E-state index >= 15 is 0 Å². The number of guanidine groups is 1. The molecule has 6 nitrogen and oxygen atoms in total. The van der Waals surface area contributed by atoms with E-state index in [9.17, 15) is 4.79 Å². The highest BCUT2D eigenvalue weighted by atomic mass is 16.5. The van der Waals surface area contributed by atoms with Crippen molar-refractivity contribution < 1.29 is 9.53 Å². The monoisotopic (exact) mass is 360 g/mol. The van der Waals surface area contributed by atoms with Gasteiger partial charge in [0, 0.05) is 33.9 Å². The summed E-state index contributed by atoms with van der Waals surface area (Å²) in [4.78, 5) is 17.8. The summed E-state index contributed by atoms with van der Waals surface area (Å²) < 4.78 is 5.66. The van der Waals surface area contributed by atoms with Gasteiger partial charge in [0.05, 0.1) is 6.04 Å². The molecular weight excluding hydrogens is 328 g/mol. The Morgan fingerprint density at radius 2 is 2.04 bits per heavy atom. The Hall–Kier alpha value is -2.08. The van der Waals surface area contributed by atoms with Crippen LogP contribution in [0.2, 0.25) is 0 Å². The van der Waals surface area contributed by atoms with Crippen molar-refractivity contribution in [2.45, 2.75) is 32.2 Å². The van der Waals surface area contributed by atoms with Crippen LogP contribution in [0.4, 0.5) is 0 Å². The number of likely N-dealkylation sites (N-methyl/N-ethyl adjacent to an activating group) is 1. The minimum atomic E-state index is -0.0220. The van der Waals surface area contributed by atoms with Crippen LogP contribution in [0.15, 0.2) is 35.3 Å². The lowest BCUT2D eigenvalue weighted by molar-refractivity contribution is -0.127. The lowest BCUT2D eigenvalue weighted by Crippen LogP contribution is -2.40. The number of benzene rings is 1. The van der Waals surface area contributed by atoms with Crippen molar-refractivity contribution in [2.75, 3.05) is 40.4 Å². The predicted octanol–water partition coefficient (Wildman–Crippen LogP) is 2.19. The normalized spacial score (nSPS) is 15.4. The molecule has 0 radical (unpaired) electrons. The zero-order valence-corrected chi connectivity index (χ0v) is 16.2. The van der Waals surface area contributed by atoms with Gasteiger partial charge in [-0.3, -0.25) is 4.79 Å². The van der Waals surface area contributed by atoms with Crippen LogP contribution in [-0.2, 0) is 9.53 Å². The lowest BCUT2D eigenvalue weighted by Gasteiger charge is -2.19. The Balaban J connectivity index is 1.81. The Labute approximate surface area is 157 Å². The van der Waals surface area contributed by atoms with Crippen LogP contribution in [0.1, 0.15) is 37.8 Å². The number of aliphatic imine (C=N–C) groups is 1. The third kappa shape index (κ3) is 7.87. The van der Waals surface area contributed by atoms with E-state index in [0.29, 0.717) is 5.96 Å². The predicted molar refractivity (Wildman–Crippen MR) is 105 cm³/mol. The molecule has 1 aliphatic carbocycles. The van der Waals surface area contributed by atoms with E-state index in [1.807, 2.05) is 18.2 Å². The second kappa shape index (κ2) is 10.8. The number of hydrogen-bond donors (Lipinski definition) is 2. The zero-order valence-electron chi connectivity index (χ0n) is 16.2. The second-order valence-corrected chi connectivity index (χ2v) is 7.03. The van der Waals surface area contributed by atoms with Crippen LogP contribution in [0.3, 0.4) is 0 Å². The van der Waals surface area contributed by atoms with Crippen LogP contribution in [0.5, 0.6) is 0 Å². The van der Waals surface area contributed by atoms with Crippen molar-refractivity contribution in [2.24, 2.45) is 10.9 Å². The SMILES string of the molecule is CC(NC(=NCC(=O)N(C)C)NCCCOCC1CC1)c1ccccc1. The van der Waals surface area contributed by atoms with E-state index < -0.39 is 0 Å². The molecule has 1 aromatic carbocycles. The number of rotatable bonds is 10. The van der Waals surface area contributed by atoms with Gasteiger partial charge >= 0.3 is 0 Å². The first-order valence-corrected chi connectivity index (χ1v) is 9.44. The molecule has 1 fully saturated rings. The number of ether oxygens (including phenoxy) is 1. The summed E-state index contributed by atoms with van der Waals surface area (Å²) in [7, 11) is 3.48. The van der Waals surface area contributed by atoms with Gasteiger partial charge in [0.2, 0.25) is 5.91 Å². The third-order valence-electron chi connectivity index (χ3n) is 4.33. The summed E-state index contributed by atoms with van der Waals surface area (Å²) in [5.74, 6) is 1.43. The molecule has 1 amide bonds. The average Bonchev–Trinajstić information content (AvgIpc) is 3.46. The quantitative estimate of drug-likeness (QED) is 0.381. The van der Waals surface area contributed by atoms with Crippen molar-refractivity contribution in [3.05, 3.63) is 35.9 Å². The van der Waals surface area contributed by atoms with Gasteiger partial charge in [0.25, 0.3) is 0 Å². The molecular formula is C20H32N4O2. The molecule has 1 aromatic rings. The molecule has 144 valence electrons. The van der Waals surface area contributed by atoms with Crippen LogP contribution in [-0.4, -0.2) is 57.2 Å². The lowest BCUT2D eigenvalue weighted by atomic mass is 10.1. The van der Waals surface area contributed by atoms with Crippen LogP contribution >= 0.6 is 0 Å². The molecule has 2 rings (SSSR count). The van der Waals surface area contributed by atoms with Crippen molar-refractivity contribution in [1.29, 1.82) is 0 Å². The van der Waals surface area contributed by atoms with Gasteiger partial charge in [-0.05, 0) is 37.7 Å². The summed E-state index contributed by atoms with van der Waals surface area (Å²) in [5.41, 5.74) is 1.17. The average molecular weight is 361 g/mol. The van der Waals surface area contributed by atoms with E-state index in [2.05, 4.69) is 34.7 Å². The largest absolute Gasteiger partial charge is 0.381 e. The maximum absolute atomic E-state index is 11.8. The molecule has 1 aliphatic rings. The van der Waals surface area contributed by atoms with E-state index in [4.69, 9.17) is 4.74 Å². The first-order valence-electron chi connectivity index (χ1n) is 9.44. The fraction of sp³-hybridized carbons (Fsp3) is 0.600. The maximum Gasteiger partial charge on any atom is 0.243 e. The molecule has 0 spiro atoms. The standard InChI is InChI=1S/C20H32N4O2/c1-16(18-8-5-4-6-9-18)23-20(22-14-19(25)24(2)3)21-12-7-13-26-15-17-10-11-17/h4-6,8-9,16-17H,7,10-15H2,1-3H3,(H2,21,22,23). The van der Waals surface area contributed by atoms with E-state index in [1.54, 1.807) is 19.0 Å². The molecule has 1 unspecified atom stereocenters. The highest BCUT2D eigenvalue weighted by Crippen LogP contribution is 2.28. The van der Waals surface area contributed by atoms with E-state index in [1.165, 1.54) is 18.4 Å². The molecule has 0 bridgehead atoms. The summed E-state index contributed by atoms with van der Waals surface area (Å²) in [6.45, 7) is 4.61. The van der Waals surface area contributed by atoms with Crippen molar-refractivity contribution in [3.63, 3.8) is 0 Å². The van der Waals surface area contributed by atoms with Gasteiger partial charge in [-0.15, -0.1) is 0 Å². The van der Waals surface area contributed by atoms with Crippen LogP contribution in [0.25, 0.3) is 0 Å². The number of hydrogen-bond acceptors (Lipinski definition) is 3. The zero-order chi connectivity index (χ0) is 18.8. The van der Waals surface area contributed by atoms with Crippen LogP contribution < -0.4 is 10.6 Å². The summed E-state index contributed by atoms with van der Waals surface area (Å²) in [6, 6.07) is 10.3. The molecule has 0 aromatic heterocycles. The minimum absolute atomic E-state index is 0.0220. The molecule has 6 heteroatoms. The first-order chi connectivity index (χ1) is 12.6. The number of nitrogens with one attached hydrogen (secondary N) is 2. The highest BCUT2D eigenvalue weighted by molar-refractivity contribution is 5.85. The van der Waals surface area contributed by atoms with Gasteiger partial charge in [-0.2, -0.15) is 0 Å². The van der Waals surface area contributed by atoms with Crippen molar-refractivity contribution in [1.82, 2.24) is 15.5 Å². The highest BCUT2D eigenvalue weighted by Gasteiger charge is 2.20. The number of nitrogens with zero attached hydrogens (tertiary/aromatic N) is 2. The number of carbonyl (C=O) groups excluding carboxylic acids is 1. The molecule has 1 saturated carbocycles. The smallest absolute Gasteiger partial charge is 0.243 e. The fourth-order valence-corrected chi connectivity index (χ4v) is 2.39. The number of amides is 1. The second-order valence-electron chi connectivity index (χ2n) is 7.03. The van der Waals surface area contributed by atoms with E-state index in [0.717, 1.165) is 32.1 Å². The Kier molecular flexibility index (Phi) is 8.41. The number of carbonyl (C=O) groups is 1. The van der Waals surface area contributed by atoms with Crippen molar-refractivity contribution >= 4 is 11.9 Å². The fourth-order valence-electron chi connectivity index (χ4n) is 2.39. The van der Waals surface area contributed by atoms with Gasteiger partial charge < -0.3 is 20.3 Å². The maximum atomic E-state index is 11.8. The van der Waals surface area contributed by atoms with Gasteiger partial charge in [-0.1, -0.05) is 30.3 Å². The van der Waals surface area contributed by atoms with Crippen LogP contribution in [0, 0.1) is 5.92 Å². The summed E-state index contributed by atoms with van der Waals surface area (Å²) in [6.07, 6.45) is 3.54. The molecule has 1 atom stereocenters. The Morgan fingerprint density at radius 1 is 1.31 bits per heavy atom. The molecule has 26 heavy (non-hydrogen) atoms. The molecule has 0 aliphatic heterocycles. The molecule has 2 N–H and O–H groups in total. The topological polar surface area (TPSA) is 66.0 Å². The minimum Gasteiger partial charge on any atom is -0.381 e. The molecule has 0 saturated heterocycles. The summed E-state index contributed by atoms with van der Waals surface area (Å²) in [5, 5.41) is 6.68. The van der Waals surface area contributed by atoms with Crippen molar-refractivity contribution in [3.8, 4) is 0 Å². The first kappa shape index (κ1) is 20.2. The van der Waals surface area contributed by atoms with Gasteiger partial charge in [0.1, 0.15) is 6.54 Å². The van der Waals surface area contributed by atoms with Gasteiger partial charge in [0.15, 0.2) is 5.96 Å². The van der Waals surface area contributed by atoms with Gasteiger partial charge in [-0.25, -0.2) is 4.99 Å². The Bertz CT molecular complexity index is 570. The molecule has 0 heterocycles. The third-order valence-corrected chi connectivity index (χ3v) is 4.33. The Morgan fingerprint density at radius 3 is 2.69 bits per heavy atom. The van der Waals surface area contributed by atoms with E-state index in [-0.39, 0.29) is 18.5 Å². The summed E-state index contributed by atoms with van der Waals surface area (Å²) >= 11 is 0.